The number of hydrogen-bond donors (Lipinski definition) is 1. The molecule has 0 aromatic rings. The number of amides is 1. The Labute approximate surface area is 135 Å². The van der Waals surface area contributed by atoms with Crippen LogP contribution in [0.1, 0.15) is 73.1 Å². The van der Waals surface area contributed by atoms with Gasteiger partial charge in [-0.15, -0.1) is 0 Å². The minimum Gasteiger partial charge on any atom is -0.418 e. The molecule has 1 aliphatic carbocycles. The van der Waals surface area contributed by atoms with Gasteiger partial charge >= 0.3 is 6.09 Å². The van der Waals surface area contributed by atoms with Gasteiger partial charge in [0.25, 0.3) is 0 Å². The summed E-state index contributed by atoms with van der Waals surface area (Å²) in [5.41, 5.74) is 1.09. The molecule has 1 amide bonds. The Hall–Kier alpha value is -1.03. The topological polar surface area (TPSA) is 49.8 Å². The monoisotopic (exact) mass is 311 g/mol. The summed E-state index contributed by atoms with van der Waals surface area (Å²) in [7, 11) is 0. The molecule has 1 rings (SSSR count). The van der Waals surface area contributed by atoms with E-state index < -0.39 is 0 Å². The first-order valence-electron chi connectivity index (χ1n) is 8.74. The highest BCUT2D eigenvalue weighted by Gasteiger charge is 2.27. The molecule has 0 spiro atoms. The maximum atomic E-state index is 12.3. The fourth-order valence-corrected chi connectivity index (χ4v) is 3.35. The van der Waals surface area contributed by atoms with Crippen LogP contribution in [0.4, 0.5) is 4.79 Å². The van der Waals surface area contributed by atoms with E-state index in [-0.39, 0.29) is 30.2 Å². The first-order valence-corrected chi connectivity index (χ1v) is 8.74. The third kappa shape index (κ3) is 5.31. The summed E-state index contributed by atoms with van der Waals surface area (Å²) in [6.45, 7) is 10.0. The third-order valence-electron chi connectivity index (χ3n) is 4.39. The summed E-state index contributed by atoms with van der Waals surface area (Å²) in [6.07, 6.45) is 6.93. The van der Waals surface area contributed by atoms with Crippen molar-refractivity contribution in [2.45, 2.75) is 91.3 Å². The summed E-state index contributed by atoms with van der Waals surface area (Å²) in [5, 5.41) is 10.3. The van der Waals surface area contributed by atoms with E-state index in [0.717, 1.165) is 44.1 Å². The summed E-state index contributed by atoms with van der Waals surface area (Å²) in [6, 6.07) is 0.220. The molecule has 2 atom stereocenters. The Bertz CT molecular complexity index is 369. The predicted molar refractivity (Wildman–Crippen MR) is 89.5 cm³/mol. The molecule has 4 heteroatoms. The Balaban J connectivity index is 2.74. The average molecular weight is 311 g/mol. The molecule has 128 valence electrons. The molecule has 0 aromatic heterocycles. The second-order valence-corrected chi connectivity index (χ2v) is 6.88. The van der Waals surface area contributed by atoms with Crippen LogP contribution in [0.25, 0.3) is 0 Å². The van der Waals surface area contributed by atoms with Crippen molar-refractivity contribution in [2.75, 3.05) is 0 Å². The number of carbonyl (C=O) groups is 1. The zero-order valence-electron chi connectivity index (χ0n) is 14.8. The second-order valence-electron chi connectivity index (χ2n) is 6.88. The minimum atomic E-state index is -0.318. The standard InChI is InChI=1S/C18H33NO3/c1-6-9-17(20)16-11-8-7-10-15(16)12-22-18(21)19(13(2)3)14(4)5/h12-14,16-17,20H,6-11H2,1-5H3/b15-12+/t16-,17+/m0/s1. The fourth-order valence-electron chi connectivity index (χ4n) is 3.35. The van der Waals surface area contributed by atoms with E-state index >= 15 is 0 Å². The quantitative estimate of drug-likeness (QED) is 0.736. The fraction of sp³-hybridized carbons (Fsp3) is 0.833. The molecule has 1 aliphatic rings. The maximum absolute atomic E-state index is 12.3. The van der Waals surface area contributed by atoms with E-state index in [2.05, 4.69) is 6.92 Å². The summed E-state index contributed by atoms with van der Waals surface area (Å²) in [4.78, 5) is 14.0. The lowest BCUT2D eigenvalue weighted by Gasteiger charge is -2.31. The van der Waals surface area contributed by atoms with Crippen molar-refractivity contribution in [1.29, 1.82) is 0 Å². The number of rotatable bonds is 6. The van der Waals surface area contributed by atoms with Crippen LogP contribution in [0, 0.1) is 5.92 Å². The number of hydrogen-bond acceptors (Lipinski definition) is 3. The Morgan fingerprint density at radius 2 is 1.95 bits per heavy atom. The Morgan fingerprint density at radius 3 is 2.50 bits per heavy atom. The van der Waals surface area contributed by atoms with Gasteiger partial charge in [0.15, 0.2) is 0 Å². The molecule has 0 unspecified atom stereocenters. The molecular weight excluding hydrogens is 278 g/mol. The normalized spacial score (nSPS) is 22.2. The van der Waals surface area contributed by atoms with Crippen LogP contribution in [-0.4, -0.2) is 34.3 Å². The lowest BCUT2D eigenvalue weighted by Crippen LogP contribution is -2.41. The van der Waals surface area contributed by atoms with Gasteiger partial charge in [-0.25, -0.2) is 4.79 Å². The van der Waals surface area contributed by atoms with E-state index in [1.54, 1.807) is 11.2 Å². The van der Waals surface area contributed by atoms with E-state index in [0.29, 0.717) is 0 Å². The summed E-state index contributed by atoms with van der Waals surface area (Å²) in [5.74, 6) is 0.146. The largest absolute Gasteiger partial charge is 0.418 e. The van der Waals surface area contributed by atoms with Crippen LogP contribution in [-0.2, 0) is 4.74 Å². The van der Waals surface area contributed by atoms with E-state index in [9.17, 15) is 9.90 Å². The van der Waals surface area contributed by atoms with Crippen molar-refractivity contribution in [3.63, 3.8) is 0 Å². The third-order valence-corrected chi connectivity index (χ3v) is 4.39. The van der Waals surface area contributed by atoms with Gasteiger partial charge in [-0.3, -0.25) is 0 Å². The second kappa shape index (κ2) is 9.19. The predicted octanol–water partition coefficient (Wildman–Crippen LogP) is 4.48. The summed E-state index contributed by atoms with van der Waals surface area (Å²) >= 11 is 0. The van der Waals surface area contributed by atoms with Crippen molar-refractivity contribution >= 4 is 6.09 Å². The number of carbonyl (C=O) groups excluding carboxylic acids is 1. The molecule has 0 radical (unpaired) electrons. The maximum Gasteiger partial charge on any atom is 0.415 e. The van der Waals surface area contributed by atoms with Crippen LogP contribution in [0.3, 0.4) is 0 Å². The molecule has 1 fully saturated rings. The van der Waals surface area contributed by atoms with Crippen LogP contribution >= 0.6 is 0 Å². The molecule has 22 heavy (non-hydrogen) atoms. The molecule has 0 bridgehead atoms. The first-order chi connectivity index (χ1) is 10.4. The average Bonchev–Trinajstić information content (AvgIpc) is 2.45. The van der Waals surface area contributed by atoms with E-state index in [4.69, 9.17) is 4.74 Å². The van der Waals surface area contributed by atoms with Gasteiger partial charge in [0, 0.05) is 18.0 Å². The van der Waals surface area contributed by atoms with Crippen molar-refractivity contribution in [2.24, 2.45) is 5.92 Å². The summed E-state index contributed by atoms with van der Waals surface area (Å²) < 4.78 is 5.44. The van der Waals surface area contributed by atoms with Crippen LogP contribution in [0.2, 0.25) is 0 Å². The highest BCUT2D eigenvalue weighted by Crippen LogP contribution is 2.33. The first kappa shape index (κ1) is 19.0. The molecule has 0 heterocycles. The van der Waals surface area contributed by atoms with Crippen molar-refractivity contribution in [3.8, 4) is 0 Å². The molecule has 1 N–H and O–H groups in total. The van der Waals surface area contributed by atoms with Crippen molar-refractivity contribution in [3.05, 3.63) is 11.8 Å². The molecule has 1 saturated carbocycles. The molecular formula is C18H33NO3. The zero-order valence-corrected chi connectivity index (χ0v) is 14.8. The number of aliphatic hydroxyl groups excluding tert-OH is 1. The highest BCUT2D eigenvalue weighted by molar-refractivity contribution is 5.69. The van der Waals surface area contributed by atoms with Gasteiger partial charge in [0.2, 0.25) is 0 Å². The van der Waals surface area contributed by atoms with Gasteiger partial charge in [0.1, 0.15) is 0 Å². The highest BCUT2D eigenvalue weighted by atomic mass is 16.5. The van der Waals surface area contributed by atoms with Crippen LogP contribution < -0.4 is 0 Å². The van der Waals surface area contributed by atoms with Gasteiger partial charge in [-0.05, 0) is 59.0 Å². The molecule has 0 aromatic carbocycles. The van der Waals surface area contributed by atoms with E-state index in [1.807, 2.05) is 27.7 Å². The smallest absolute Gasteiger partial charge is 0.415 e. The number of aliphatic hydroxyl groups is 1. The van der Waals surface area contributed by atoms with Gasteiger partial charge in [0.05, 0.1) is 12.4 Å². The van der Waals surface area contributed by atoms with Crippen LogP contribution in [0.15, 0.2) is 11.8 Å². The minimum absolute atomic E-state index is 0.110. The van der Waals surface area contributed by atoms with E-state index in [1.165, 1.54) is 0 Å². The molecule has 0 aliphatic heterocycles. The molecule has 0 saturated heterocycles. The van der Waals surface area contributed by atoms with Crippen molar-refractivity contribution < 1.29 is 14.6 Å². The van der Waals surface area contributed by atoms with Crippen molar-refractivity contribution in [1.82, 2.24) is 4.90 Å². The lowest BCUT2D eigenvalue weighted by atomic mass is 9.80. The Morgan fingerprint density at radius 1 is 1.32 bits per heavy atom. The SMILES string of the molecule is CCC[C@@H](O)[C@H]1CCCC/C1=C\OC(=O)N(C(C)C)C(C)C. The van der Waals surface area contributed by atoms with Gasteiger partial charge in [-0.1, -0.05) is 19.8 Å². The van der Waals surface area contributed by atoms with Crippen LogP contribution in [0.5, 0.6) is 0 Å². The van der Waals surface area contributed by atoms with Gasteiger partial charge < -0.3 is 14.7 Å². The zero-order chi connectivity index (χ0) is 16.7. The van der Waals surface area contributed by atoms with Gasteiger partial charge in [-0.2, -0.15) is 0 Å². The Kier molecular flexibility index (Phi) is 7.94. The number of ether oxygens (including phenoxy) is 1. The lowest BCUT2D eigenvalue weighted by molar-refractivity contribution is 0.0924. The number of nitrogens with zero attached hydrogens (tertiary/aromatic N) is 1. The molecule has 4 nitrogen and oxygen atoms in total.